The molecule has 0 radical (unpaired) electrons. The average Bonchev–Trinajstić information content (AvgIpc) is 1.98. The van der Waals surface area contributed by atoms with E-state index in [0.29, 0.717) is 21.4 Å². The highest BCUT2D eigenvalue weighted by Gasteiger charge is 2.06. The summed E-state index contributed by atoms with van der Waals surface area (Å²) in [5, 5.41) is 3.26. The number of benzene rings is 1. The zero-order valence-electron chi connectivity index (χ0n) is 6.90. The van der Waals surface area contributed by atoms with Crippen molar-refractivity contribution < 1.29 is 4.79 Å². The molecule has 0 aromatic heterocycles. The molecule has 0 heterocycles. The molecule has 0 saturated carbocycles. The van der Waals surface area contributed by atoms with Crippen molar-refractivity contribution in [1.29, 1.82) is 0 Å². The van der Waals surface area contributed by atoms with Gasteiger partial charge < -0.3 is 11.1 Å². The van der Waals surface area contributed by atoms with Gasteiger partial charge in [-0.2, -0.15) is 0 Å². The van der Waals surface area contributed by atoms with Crippen molar-refractivity contribution in [1.82, 2.24) is 0 Å². The van der Waals surface area contributed by atoms with E-state index in [1.165, 1.54) is 13.0 Å². The molecular formula is C8H8Cl2N2O. The first-order valence-corrected chi connectivity index (χ1v) is 4.28. The highest BCUT2D eigenvalue weighted by atomic mass is 35.5. The number of hydrogen-bond donors (Lipinski definition) is 2. The standard InChI is InChI=1S/C8H8Cl2N2O/c1-4(13)12-7-3-5(9)2-6(11)8(7)10/h2-3H,11H2,1H3,(H,12,13). The molecule has 0 unspecified atom stereocenters. The highest BCUT2D eigenvalue weighted by molar-refractivity contribution is 6.38. The molecular weight excluding hydrogens is 211 g/mol. The largest absolute Gasteiger partial charge is 0.397 e. The maximum atomic E-state index is 10.7. The Kier molecular flexibility index (Phi) is 3.01. The minimum Gasteiger partial charge on any atom is -0.397 e. The van der Waals surface area contributed by atoms with Gasteiger partial charge in [0.2, 0.25) is 5.91 Å². The number of nitrogens with two attached hydrogens (primary N) is 1. The molecule has 0 aliphatic heterocycles. The molecule has 3 N–H and O–H groups in total. The lowest BCUT2D eigenvalue weighted by molar-refractivity contribution is -0.114. The molecule has 1 aromatic carbocycles. The summed E-state index contributed by atoms with van der Waals surface area (Å²) in [6.45, 7) is 1.38. The molecule has 0 spiro atoms. The fourth-order valence-corrected chi connectivity index (χ4v) is 1.27. The number of nitrogen functional groups attached to an aromatic ring is 1. The second-order valence-electron chi connectivity index (χ2n) is 2.54. The van der Waals surface area contributed by atoms with Crippen molar-refractivity contribution in [3.05, 3.63) is 22.2 Å². The number of anilines is 2. The number of carbonyl (C=O) groups is 1. The van der Waals surface area contributed by atoms with E-state index in [-0.39, 0.29) is 5.91 Å². The van der Waals surface area contributed by atoms with E-state index < -0.39 is 0 Å². The first-order valence-electron chi connectivity index (χ1n) is 3.53. The normalized spacial score (nSPS) is 9.77. The Balaban J connectivity index is 3.12. The van der Waals surface area contributed by atoms with Gasteiger partial charge in [-0.3, -0.25) is 4.79 Å². The second kappa shape index (κ2) is 3.85. The zero-order chi connectivity index (χ0) is 10.0. The van der Waals surface area contributed by atoms with Gasteiger partial charge >= 0.3 is 0 Å². The van der Waals surface area contributed by atoms with Crippen molar-refractivity contribution in [2.75, 3.05) is 11.1 Å². The highest BCUT2D eigenvalue weighted by Crippen LogP contribution is 2.31. The van der Waals surface area contributed by atoms with Crippen LogP contribution < -0.4 is 11.1 Å². The summed E-state index contributed by atoms with van der Waals surface area (Å²) in [4.78, 5) is 10.7. The van der Waals surface area contributed by atoms with Crippen LogP contribution in [0.2, 0.25) is 10.0 Å². The molecule has 70 valence electrons. The quantitative estimate of drug-likeness (QED) is 0.713. The summed E-state index contributed by atoms with van der Waals surface area (Å²) in [6, 6.07) is 3.07. The van der Waals surface area contributed by atoms with Gasteiger partial charge in [-0.15, -0.1) is 0 Å². The summed E-state index contributed by atoms with van der Waals surface area (Å²) in [5.41, 5.74) is 6.30. The Bertz CT molecular complexity index is 352. The van der Waals surface area contributed by atoms with Crippen LogP contribution in [0.15, 0.2) is 12.1 Å². The maximum Gasteiger partial charge on any atom is 0.221 e. The van der Waals surface area contributed by atoms with E-state index in [2.05, 4.69) is 5.32 Å². The molecule has 13 heavy (non-hydrogen) atoms. The Morgan fingerprint density at radius 3 is 2.62 bits per heavy atom. The third kappa shape index (κ3) is 2.50. The third-order valence-electron chi connectivity index (χ3n) is 1.38. The number of carbonyl (C=O) groups excluding carboxylic acids is 1. The van der Waals surface area contributed by atoms with Gasteiger partial charge in [-0.25, -0.2) is 0 Å². The average molecular weight is 219 g/mol. The minimum atomic E-state index is -0.219. The Hall–Kier alpha value is -0.930. The molecule has 3 nitrogen and oxygen atoms in total. The maximum absolute atomic E-state index is 10.7. The molecule has 5 heteroatoms. The fraction of sp³-hybridized carbons (Fsp3) is 0.125. The Labute approximate surface area is 85.8 Å². The van der Waals surface area contributed by atoms with Crippen LogP contribution in [-0.2, 0) is 4.79 Å². The molecule has 0 aliphatic rings. The molecule has 1 amide bonds. The molecule has 0 atom stereocenters. The third-order valence-corrected chi connectivity index (χ3v) is 2.02. The summed E-state index contributed by atoms with van der Waals surface area (Å²) in [6.07, 6.45) is 0. The van der Waals surface area contributed by atoms with Crippen LogP contribution in [0.4, 0.5) is 11.4 Å². The predicted octanol–water partition coefficient (Wildman–Crippen LogP) is 2.53. The van der Waals surface area contributed by atoms with Crippen LogP contribution in [0, 0.1) is 0 Å². The summed E-state index contributed by atoms with van der Waals surface area (Å²) >= 11 is 11.5. The van der Waals surface area contributed by atoms with Gasteiger partial charge in [0.15, 0.2) is 0 Å². The summed E-state index contributed by atoms with van der Waals surface area (Å²) in [7, 11) is 0. The van der Waals surface area contributed by atoms with E-state index in [0.717, 1.165) is 0 Å². The van der Waals surface area contributed by atoms with Crippen LogP contribution in [0.3, 0.4) is 0 Å². The molecule has 0 saturated heterocycles. The second-order valence-corrected chi connectivity index (χ2v) is 3.35. The van der Waals surface area contributed by atoms with Crippen molar-refractivity contribution >= 4 is 40.5 Å². The van der Waals surface area contributed by atoms with Crippen LogP contribution in [-0.4, -0.2) is 5.91 Å². The van der Waals surface area contributed by atoms with E-state index in [1.54, 1.807) is 6.07 Å². The van der Waals surface area contributed by atoms with Crippen LogP contribution >= 0.6 is 23.2 Å². The number of amides is 1. The Morgan fingerprint density at radius 1 is 1.46 bits per heavy atom. The molecule has 1 aromatic rings. The lowest BCUT2D eigenvalue weighted by Gasteiger charge is -2.07. The first-order chi connectivity index (χ1) is 6.00. The summed E-state index contributed by atoms with van der Waals surface area (Å²) < 4.78 is 0. The smallest absolute Gasteiger partial charge is 0.221 e. The van der Waals surface area contributed by atoms with E-state index in [9.17, 15) is 4.79 Å². The van der Waals surface area contributed by atoms with Crippen molar-refractivity contribution in [2.45, 2.75) is 6.92 Å². The van der Waals surface area contributed by atoms with Crippen LogP contribution in [0.1, 0.15) is 6.92 Å². The van der Waals surface area contributed by atoms with Crippen LogP contribution in [0.25, 0.3) is 0 Å². The number of halogens is 2. The molecule has 1 rings (SSSR count). The van der Waals surface area contributed by atoms with Gasteiger partial charge in [-0.1, -0.05) is 23.2 Å². The molecule has 0 aliphatic carbocycles. The van der Waals surface area contributed by atoms with Gasteiger partial charge in [0.25, 0.3) is 0 Å². The van der Waals surface area contributed by atoms with Crippen molar-refractivity contribution in [3.8, 4) is 0 Å². The van der Waals surface area contributed by atoms with E-state index in [4.69, 9.17) is 28.9 Å². The van der Waals surface area contributed by atoms with Crippen molar-refractivity contribution in [3.63, 3.8) is 0 Å². The minimum absolute atomic E-state index is 0.219. The fourth-order valence-electron chi connectivity index (χ4n) is 0.891. The zero-order valence-corrected chi connectivity index (χ0v) is 8.41. The topological polar surface area (TPSA) is 55.1 Å². The summed E-state index contributed by atoms with van der Waals surface area (Å²) in [5.74, 6) is -0.219. The van der Waals surface area contributed by atoms with E-state index >= 15 is 0 Å². The molecule has 0 bridgehead atoms. The lowest BCUT2D eigenvalue weighted by atomic mass is 10.3. The lowest BCUT2D eigenvalue weighted by Crippen LogP contribution is -2.06. The number of hydrogen-bond acceptors (Lipinski definition) is 2. The van der Waals surface area contributed by atoms with Gasteiger partial charge in [0.05, 0.1) is 16.4 Å². The van der Waals surface area contributed by atoms with Crippen molar-refractivity contribution in [2.24, 2.45) is 0 Å². The van der Waals surface area contributed by atoms with E-state index in [1.807, 2.05) is 0 Å². The van der Waals surface area contributed by atoms with Crippen LogP contribution in [0.5, 0.6) is 0 Å². The monoisotopic (exact) mass is 218 g/mol. The number of nitrogens with one attached hydrogen (secondary N) is 1. The first kappa shape index (κ1) is 10.2. The molecule has 0 fully saturated rings. The predicted molar refractivity (Wildman–Crippen MR) is 55.2 cm³/mol. The van der Waals surface area contributed by atoms with Gasteiger partial charge in [-0.05, 0) is 12.1 Å². The Morgan fingerprint density at radius 2 is 2.08 bits per heavy atom. The van der Waals surface area contributed by atoms with Gasteiger partial charge in [0, 0.05) is 11.9 Å². The number of rotatable bonds is 1. The van der Waals surface area contributed by atoms with Gasteiger partial charge in [0.1, 0.15) is 0 Å². The SMILES string of the molecule is CC(=O)Nc1cc(Cl)cc(N)c1Cl.